The third kappa shape index (κ3) is 3.79. The number of aromatic amines is 1. The number of anilines is 1. The van der Waals surface area contributed by atoms with Crippen LogP contribution in [0.1, 0.15) is 23.1 Å². The number of H-pyrrole nitrogens is 1. The van der Waals surface area contributed by atoms with Crippen molar-refractivity contribution in [1.29, 1.82) is 0 Å². The Labute approximate surface area is 164 Å². The molecule has 144 valence electrons. The van der Waals surface area contributed by atoms with Gasteiger partial charge in [0.25, 0.3) is 0 Å². The maximum atomic E-state index is 12.5. The molecular weight excluding hydrogens is 350 g/mol. The molecule has 0 spiro atoms. The summed E-state index contributed by atoms with van der Waals surface area (Å²) >= 11 is 0. The number of carbonyl (C=O) groups excluding carboxylic acids is 2. The topological polar surface area (TPSA) is 74.0 Å². The Hall–Kier alpha value is -3.08. The molecule has 28 heavy (non-hydrogen) atoms. The van der Waals surface area contributed by atoms with Gasteiger partial charge in [0.1, 0.15) is 0 Å². The van der Waals surface area contributed by atoms with E-state index in [4.69, 9.17) is 0 Å². The molecule has 0 saturated heterocycles. The van der Waals surface area contributed by atoms with E-state index in [9.17, 15) is 9.59 Å². The number of amides is 2. The largest absolute Gasteiger partial charge is 0.361 e. The van der Waals surface area contributed by atoms with Crippen LogP contribution in [-0.4, -0.2) is 23.3 Å². The van der Waals surface area contributed by atoms with Crippen LogP contribution in [0.3, 0.4) is 0 Å². The molecule has 1 aliphatic carbocycles. The summed E-state index contributed by atoms with van der Waals surface area (Å²) in [5.74, 6) is -0.535. The summed E-state index contributed by atoms with van der Waals surface area (Å²) in [6, 6.07) is 14.1. The fraction of sp³-hybridized carbons (Fsp3) is 0.304. The Kier molecular flexibility index (Phi) is 4.90. The molecule has 5 heteroatoms. The van der Waals surface area contributed by atoms with Crippen LogP contribution in [0.5, 0.6) is 0 Å². The number of aromatic nitrogens is 1. The quantitative estimate of drug-likeness (QED) is 0.614. The maximum absolute atomic E-state index is 12.5. The van der Waals surface area contributed by atoms with Gasteiger partial charge < -0.3 is 15.6 Å². The average Bonchev–Trinajstić information content (AvgIpc) is 3.40. The third-order valence-corrected chi connectivity index (χ3v) is 5.48. The van der Waals surface area contributed by atoms with Crippen molar-refractivity contribution in [3.8, 4) is 0 Å². The molecule has 1 fully saturated rings. The lowest BCUT2D eigenvalue weighted by Gasteiger charge is -2.09. The van der Waals surface area contributed by atoms with E-state index in [-0.39, 0.29) is 23.7 Å². The van der Waals surface area contributed by atoms with E-state index in [0.29, 0.717) is 13.0 Å². The van der Waals surface area contributed by atoms with Gasteiger partial charge in [0.15, 0.2) is 0 Å². The highest BCUT2D eigenvalue weighted by molar-refractivity contribution is 6.00. The van der Waals surface area contributed by atoms with Gasteiger partial charge >= 0.3 is 0 Å². The normalized spacial score (nSPS) is 18.1. The average molecular weight is 375 g/mol. The molecule has 3 N–H and O–H groups in total. The van der Waals surface area contributed by atoms with Gasteiger partial charge in [-0.2, -0.15) is 0 Å². The first kappa shape index (κ1) is 18.3. The van der Waals surface area contributed by atoms with Crippen molar-refractivity contribution in [2.24, 2.45) is 11.8 Å². The molecule has 1 aliphatic rings. The van der Waals surface area contributed by atoms with Crippen LogP contribution in [0, 0.1) is 25.7 Å². The number of hydrogen-bond donors (Lipinski definition) is 3. The van der Waals surface area contributed by atoms with Crippen molar-refractivity contribution in [3.05, 3.63) is 65.4 Å². The van der Waals surface area contributed by atoms with Crippen LogP contribution in [0.25, 0.3) is 10.9 Å². The Bertz CT molecular complexity index is 1040. The number of fused-ring (bicyclic) bond motifs is 1. The van der Waals surface area contributed by atoms with Crippen molar-refractivity contribution in [3.63, 3.8) is 0 Å². The molecular formula is C23H25N3O2. The highest BCUT2D eigenvalue weighted by Crippen LogP contribution is 2.39. The minimum atomic E-state index is -0.229. The molecule has 1 aromatic heterocycles. The molecule has 0 radical (unpaired) electrons. The summed E-state index contributed by atoms with van der Waals surface area (Å²) < 4.78 is 0. The summed E-state index contributed by atoms with van der Waals surface area (Å²) in [5, 5.41) is 7.15. The number of hydrogen-bond acceptors (Lipinski definition) is 2. The van der Waals surface area contributed by atoms with Crippen LogP contribution >= 0.6 is 0 Å². The zero-order valence-corrected chi connectivity index (χ0v) is 16.2. The van der Waals surface area contributed by atoms with Gasteiger partial charge in [0, 0.05) is 29.3 Å². The number of carbonyl (C=O) groups is 2. The minimum absolute atomic E-state index is 0.0269. The van der Waals surface area contributed by atoms with Crippen molar-refractivity contribution in [1.82, 2.24) is 10.3 Å². The maximum Gasteiger partial charge on any atom is 0.228 e. The molecule has 4 rings (SSSR count). The van der Waals surface area contributed by atoms with Gasteiger partial charge in [-0.05, 0) is 55.5 Å². The molecule has 0 bridgehead atoms. The summed E-state index contributed by atoms with van der Waals surface area (Å²) in [5.41, 5.74) is 5.25. The predicted octanol–water partition coefficient (Wildman–Crippen LogP) is 3.72. The van der Waals surface area contributed by atoms with E-state index in [1.165, 1.54) is 10.9 Å². The van der Waals surface area contributed by atoms with Crippen LogP contribution < -0.4 is 10.6 Å². The second-order valence-electron chi connectivity index (χ2n) is 7.66. The monoisotopic (exact) mass is 375 g/mol. The summed E-state index contributed by atoms with van der Waals surface area (Å²) in [6.45, 7) is 4.54. The first-order valence-electron chi connectivity index (χ1n) is 9.74. The van der Waals surface area contributed by atoms with E-state index >= 15 is 0 Å². The number of nitrogens with one attached hydrogen (secondary N) is 3. The van der Waals surface area contributed by atoms with Gasteiger partial charge in [-0.1, -0.05) is 30.3 Å². The van der Waals surface area contributed by atoms with Crippen molar-refractivity contribution in [2.45, 2.75) is 26.7 Å². The molecule has 2 unspecified atom stereocenters. The zero-order valence-electron chi connectivity index (χ0n) is 16.2. The van der Waals surface area contributed by atoms with Crippen molar-refractivity contribution in [2.75, 3.05) is 11.9 Å². The van der Waals surface area contributed by atoms with Gasteiger partial charge in [-0.15, -0.1) is 0 Å². The third-order valence-electron chi connectivity index (χ3n) is 5.48. The Morgan fingerprint density at radius 3 is 2.71 bits per heavy atom. The second kappa shape index (κ2) is 7.50. The molecule has 2 atom stereocenters. The molecule has 1 saturated carbocycles. The van der Waals surface area contributed by atoms with Crippen LogP contribution in [0.15, 0.2) is 48.7 Å². The number of aryl methyl sites for hydroxylation is 2. The van der Waals surface area contributed by atoms with E-state index in [1.807, 2.05) is 56.4 Å². The van der Waals surface area contributed by atoms with E-state index in [2.05, 4.69) is 21.7 Å². The van der Waals surface area contributed by atoms with Crippen molar-refractivity contribution < 1.29 is 9.59 Å². The number of benzene rings is 2. The summed E-state index contributed by atoms with van der Waals surface area (Å²) in [7, 11) is 0. The highest BCUT2D eigenvalue weighted by atomic mass is 16.2. The summed E-state index contributed by atoms with van der Waals surface area (Å²) in [6.07, 6.45) is 3.38. The van der Waals surface area contributed by atoms with Crippen LogP contribution in [0.4, 0.5) is 5.69 Å². The first-order chi connectivity index (χ1) is 13.5. The molecule has 2 aromatic carbocycles. The van der Waals surface area contributed by atoms with Crippen molar-refractivity contribution >= 4 is 28.4 Å². The smallest absolute Gasteiger partial charge is 0.228 e. The van der Waals surface area contributed by atoms with E-state index in [1.54, 1.807) is 0 Å². The standard InChI is InChI=1S/C23H25N3O2/c1-14-7-8-15(2)21(11-14)26-23(28)19-12-18(19)22(27)24-10-9-16-13-25-20-6-4-3-5-17(16)20/h3-8,11,13,18-19,25H,9-10,12H2,1-2H3,(H,24,27)(H,26,28). The first-order valence-corrected chi connectivity index (χ1v) is 9.74. The van der Waals surface area contributed by atoms with Gasteiger partial charge in [-0.25, -0.2) is 0 Å². The zero-order chi connectivity index (χ0) is 19.7. The van der Waals surface area contributed by atoms with Gasteiger partial charge in [-0.3, -0.25) is 9.59 Å². The number of rotatable bonds is 6. The van der Waals surface area contributed by atoms with Gasteiger partial charge in [0.2, 0.25) is 11.8 Å². The lowest BCUT2D eigenvalue weighted by Crippen LogP contribution is -2.29. The highest BCUT2D eigenvalue weighted by Gasteiger charge is 2.47. The summed E-state index contributed by atoms with van der Waals surface area (Å²) in [4.78, 5) is 28.1. The molecule has 1 heterocycles. The molecule has 5 nitrogen and oxygen atoms in total. The van der Waals surface area contributed by atoms with E-state index in [0.717, 1.165) is 28.8 Å². The number of para-hydroxylation sites is 1. The fourth-order valence-corrected chi connectivity index (χ4v) is 3.66. The minimum Gasteiger partial charge on any atom is -0.361 e. The van der Waals surface area contributed by atoms with E-state index < -0.39 is 0 Å². The lowest BCUT2D eigenvalue weighted by atomic mass is 10.1. The fourth-order valence-electron chi connectivity index (χ4n) is 3.66. The molecule has 2 amide bonds. The molecule has 3 aromatic rings. The Morgan fingerprint density at radius 1 is 1.07 bits per heavy atom. The molecule has 0 aliphatic heterocycles. The predicted molar refractivity (Wildman–Crippen MR) is 111 cm³/mol. The second-order valence-corrected chi connectivity index (χ2v) is 7.66. The Morgan fingerprint density at radius 2 is 1.86 bits per heavy atom. The van der Waals surface area contributed by atoms with Crippen LogP contribution in [0.2, 0.25) is 0 Å². The Balaban J connectivity index is 1.27. The van der Waals surface area contributed by atoms with Crippen LogP contribution in [-0.2, 0) is 16.0 Å². The SMILES string of the molecule is Cc1ccc(C)c(NC(=O)C2CC2C(=O)NCCc2c[nH]c3ccccc23)c1. The van der Waals surface area contributed by atoms with Gasteiger partial charge in [0.05, 0.1) is 11.8 Å². The lowest BCUT2D eigenvalue weighted by molar-refractivity contribution is -0.125.